The Morgan fingerprint density at radius 3 is 2.89 bits per heavy atom. The van der Waals surface area contributed by atoms with Crippen molar-refractivity contribution in [3.63, 3.8) is 0 Å². The van der Waals surface area contributed by atoms with Crippen LogP contribution in [0.25, 0.3) is 10.8 Å². The van der Waals surface area contributed by atoms with Crippen LogP contribution in [0.5, 0.6) is 0 Å². The molecular formula is C10H12N4OS3. The van der Waals surface area contributed by atoms with Gasteiger partial charge in [0, 0.05) is 17.3 Å². The molecule has 0 spiro atoms. The predicted molar refractivity (Wildman–Crippen MR) is 77.1 cm³/mol. The van der Waals surface area contributed by atoms with E-state index < -0.39 is 0 Å². The van der Waals surface area contributed by atoms with E-state index in [0.29, 0.717) is 16.3 Å². The maximum absolute atomic E-state index is 5.68. The zero-order valence-corrected chi connectivity index (χ0v) is 12.2. The molecule has 0 saturated carbocycles. The minimum absolute atomic E-state index is 0.340. The van der Waals surface area contributed by atoms with Crippen LogP contribution >= 0.6 is 34.9 Å². The maximum atomic E-state index is 5.68. The van der Waals surface area contributed by atoms with E-state index >= 15 is 0 Å². The molecule has 0 aromatic carbocycles. The highest BCUT2D eigenvalue weighted by molar-refractivity contribution is 8.06. The Kier molecular flexibility index (Phi) is 3.49. The summed E-state index contributed by atoms with van der Waals surface area (Å²) < 4.78 is 5.33. The Balaban J connectivity index is 1.86. The van der Waals surface area contributed by atoms with E-state index in [-0.39, 0.29) is 0 Å². The van der Waals surface area contributed by atoms with Crippen molar-refractivity contribution in [2.45, 2.75) is 12.2 Å². The lowest BCUT2D eigenvalue weighted by atomic mass is 10.4. The topological polar surface area (TPSA) is 77.8 Å². The van der Waals surface area contributed by atoms with Crippen LogP contribution in [-0.2, 0) is 0 Å². The SMILES string of the molecule is Cc1nc(N)sc1-c1nc(C2CSCCS2)no1. The van der Waals surface area contributed by atoms with Gasteiger partial charge in [-0.2, -0.15) is 16.7 Å². The molecule has 0 amide bonds. The highest BCUT2D eigenvalue weighted by Gasteiger charge is 2.23. The third kappa shape index (κ3) is 2.36. The van der Waals surface area contributed by atoms with E-state index in [1.807, 2.05) is 30.4 Å². The Morgan fingerprint density at radius 2 is 2.22 bits per heavy atom. The molecule has 1 aliphatic rings. The molecule has 1 unspecified atom stereocenters. The summed E-state index contributed by atoms with van der Waals surface area (Å²) in [5.74, 6) is 4.72. The number of nitrogens with two attached hydrogens (primary N) is 1. The lowest BCUT2D eigenvalue weighted by Crippen LogP contribution is -2.07. The summed E-state index contributed by atoms with van der Waals surface area (Å²) in [5.41, 5.74) is 6.52. The zero-order valence-electron chi connectivity index (χ0n) is 9.75. The predicted octanol–water partition coefficient (Wildman–Crippen LogP) is 2.60. The average Bonchev–Trinajstić information content (AvgIpc) is 2.97. The molecule has 2 aromatic heterocycles. The molecule has 96 valence electrons. The van der Waals surface area contributed by atoms with Gasteiger partial charge in [0.1, 0.15) is 4.88 Å². The van der Waals surface area contributed by atoms with Gasteiger partial charge in [0.15, 0.2) is 11.0 Å². The van der Waals surface area contributed by atoms with E-state index in [1.54, 1.807) is 0 Å². The van der Waals surface area contributed by atoms with Crippen molar-refractivity contribution in [3.05, 3.63) is 11.5 Å². The first-order chi connectivity index (χ1) is 8.74. The van der Waals surface area contributed by atoms with Crippen molar-refractivity contribution < 1.29 is 4.52 Å². The summed E-state index contributed by atoms with van der Waals surface area (Å²) in [5, 5.41) is 4.96. The van der Waals surface area contributed by atoms with Gasteiger partial charge in [0.05, 0.1) is 10.9 Å². The van der Waals surface area contributed by atoms with Gasteiger partial charge in [0.2, 0.25) is 0 Å². The number of aryl methyl sites for hydroxylation is 1. The monoisotopic (exact) mass is 300 g/mol. The molecule has 1 aliphatic heterocycles. The lowest BCUT2D eigenvalue weighted by molar-refractivity contribution is 0.423. The molecule has 2 N–H and O–H groups in total. The second kappa shape index (κ2) is 5.10. The van der Waals surface area contributed by atoms with Crippen LogP contribution in [0.3, 0.4) is 0 Å². The Hall–Kier alpha value is -0.730. The van der Waals surface area contributed by atoms with Crippen molar-refractivity contribution >= 4 is 40.0 Å². The minimum atomic E-state index is 0.340. The van der Waals surface area contributed by atoms with Crippen molar-refractivity contribution in [3.8, 4) is 10.8 Å². The fourth-order valence-electron chi connectivity index (χ4n) is 1.71. The number of hydrogen-bond donors (Lipinski definition) is 1. The van der Waals surface area contributed by atoms with Crippen molar-refractivity contribution in [1.82, 2.24) is 15.1 Å². The molecule has 3 rings (SSSR count). The number of thioether (sulfide) groups is 2. The molecule has 1 atom stereocenters. The number of hydrogen-bond acceptors (Lipinski definition) is 8. The maximum Gasteiger partial charge on any atom is 0.270 e. The first kappa shape index (κ1) is 12.3. The van der Waals surface area contributed by atoms with Crippen LogP contribution in [0, 0.1) is 6.92 Å². The van der Waals surface area contributed by atoms with E-state index in [2.05, 4.69) is 15.1 Å². The Labute approximate surface area is 117 Å². The Bertz CT molecular complexity index is 547. The van der Waals surface area contributed by atoms with Crippen molar-refractivity contribution in [2.24, 2.45) is 0 Å². The van der Waals surface area contributed by atoms with Crippen LogP contribution in [-0.4, -0.2) is 32.4 Å². The highest BCUT2D eigenvalue weighted by atomic mass is 32.2. The molecule has 2 aromatic rings. The molecule has 0 aliphatic carbocycles. The van der Waals surface area contributed by atoms with Gasteiger partial charge in [-0.3, -0.25) is 0 Å². The van der Waals surface area contributed by atoms with Crippen LogP contribution in [0.15, 0.2) is 4.52 Å². The molecule has 1 fully saturated rings. The molecule has 3 heterocycles. The molecule has 18 heavy (non-hydrogen) atoms. The number of anilines is 1. The largest absolute Gasteiger partial charge is 0.375 e. The van der Waals surface area contributed by atoms with Crippen molar-refractivity contribution in [2.75, 3.05) is 23.0 Å². The Morgan fingerprint density at radius 1 is 1.33 bits per heavy atom. The van der Waals surface area contributed by atoms with E-state index in [1.165, 1.54) is 17.1 Å². The quantitative estimate of drug-likeness (QED) is 0.913. The number of aromatic nitrogens is 3. The van der Waals surface area contributed by atoms with Gasteiger partial charge < -0.3 is 10.3 Å². The van der Waals surface area contributed by atoms with Gasteiger partial charge in [-0.05, 0) is 6.92 Å². The third-order valence-corrected chi connectivity index (χ3v) is 6.28. The van der Waals surface area contributed by atoms with Crippen molar-refractivity contribution in [1.29, 1.82) is 0 Å². The smallest absolute Gasteiger partial charge is 0.270 e. The first-order valence-electron chi connectivity index (χ1n) is 5.50. The van der Waals surface area contributed by atoms with Gasteiger partial charge in [-0.1, -0.05) is 16.5 Å². The number of nitrogens with zero attached hydrogens (tertiary/aromatic N) is 3. The second-order valence-corrected chi connectivity index (χ2v) is 7.35. The molecule has 0 radical (unpaired) electrons. The van der Waals surface area contributed by atoms with Crippen LogP contribution in [0.4, 0.5) is 5.13 Å². The standard InChI is InChI=1S/C10H12N4OS3/c1-5-7(18-10(11)12-5)9-13-8(14-15-9)6-4-16-2-3-17-6/h6H,2-4H2,1H3,(H2,11,12). The summed E-state index contributed by atoms with van der Waals surface area (Å²) in [6, 6.07) is 0. The molecule has 0 bridgehead atoms. The number of rotatable bonds is 2. The minimum Gasteiger partial charge on any atom is -0.375 e. The van der Waals surface area contributed by atoms with E-state index in [9.17, 15) is 0 Å². The fraction of sp³-hybridized carbons (Fsp3) is 0.500. The molecule has 1 saturated heterocycles. The summed E-state index contributed by atoms with van der Waals surface area (Å²) in [7, 11) is 0. The summed E-state index contributed by atoms with van der Waals surface area (Å²) >= 11 is 5.22. The molecule has 5 nitrogen and oxygen atoms in total. The number of nitrogen functional groups attached to an aromatic ring is 1. The average molecular weight is 300 g/mol. The van der Waals surface area contributed by atoms with Crippen LogP contribution < -0.4 is 5.73 Å². The van der Waals surface area contributed by atoms with Crippen LogP contribution in [0.1, 0.15) is 16.8 Å². The highest BCUT2D eigenvalue weighted by Crippen LogP contribution is 2.37. The van der Waals surface area contributed by atoms with E-state index in [0.717, 1.165) is 27.9 Å². The second-order valence-electron chi connectivity index (χ2n) is 3.86. The zero-order chi connectivity index (χ0) is 12.5. The van der Waals surface area contributed by atoms with Crippen LogP contribution in [0.2, 0.25) is 0 Å². The summed E-state index contributed by atoms with van der Waals surface area (Å²) in [6.45, 7) is 1.90. The fourth-order valence-corrected chi connectivity index (χ4v) is 5.05. The van der Waals surface area contributed by atoms with Gasteiger partial charge >= 0.3 is 0 Å². The van der Waals surface area contributed by atoms with Gasteiger partial charge in [0.25, 0.3) is 5.89 Å². The summed E-state index contributed by atoms with van der Waals surface area (Å²) in [4.78, 5) is 9.52. The number of thiazole rings is 1. The summed E-state index contributed by atoms with van der Waals surface area (Å²) in [6.07, 6.45) is 0. The third-order valence-electron chi connectivity index (χ3n) is 2.55. The van der Waals surface area contributed by atoms with Gasteiger partial charge in [-0.25, -0.2) is 4.98 Å². The first-order valence-corrected chi connectivity index (χ1v) is 8.52. The molecule has 8 heteroatoms. The molecular weight excluding hydrogens is 288 g/mol. The normalized spacial score (nSPS) is 20.2. The van der Waals surface area contributed by atoms with E-state index in [4.69, 9.17) is 10.3 Å². The lowest BCUT2D eigenvalue weighted by Gasteiger charge is -2.16. The van der Waals surface area contributed by atoms with Gasteiger partial charge in [-0.15, -0.1) is 11.8 Å².